The Balaban J connectivity index is 3.23. The highest BCUT2D eigenvalue weighted by molar-refractivity contribution is 6.29. The Hall–Kier alpha value is -1.75. The molecule has 1 heterocycles. The van der Waals surface area contributed by atoms with Crippen LogP contribution in [-0.2, 0) is 0 Å². The maximum Gasteiger partial charge on any atom is 0.297 e. The van der Waals surface area contributed by atoms with Crippen molar-refractivity contribution in [2.24, 2.45) is 10.7 Å². The van der Waals surface area contributed by atoms with E-state index in [9.17, 15) is 9.59 Å². The molecule has 0 unspecified atom stereocenters. The number of hydrogen-bond acceptors (Lipinski definition) is 3. The molecule has 1 rings (SSSR count). The van der Waals surface area contributed by atoms with Crippen LogP contribution in [0, 0.1) is 0 Å². The van der Waals surface area contributed by atoms with Gasteiger partial charge in [-0.3, -0.25) is 9.59 Å². The van der Waals surface area contributed by atoms with Gasteiger partial charge in [0.25, 0.3) is 5.91 Å². The van der Waals surface area contributed by atoms with Crippen LogP contribution >= 0.6 is 11.6 Å². The summed E-state index contributed by atoms with van der Waals surface area (Å²) in [7, 11) is 0. The Bertz CT molecular complexity index is 404. The summed E-state index contributed by atoms with van der Waals surface area (Å²) in [4.78, 5) is 28.7. The van der Waals surface area contributed by atoms with E-state index in [1.165, 1.54) is 12.1 Å². The summed E-state index contributed by atoms with van der Waals surface area (Å²) in [5, 5.41) is 0.117. The lowest BCUT2D eigenvalue weighted by atomic mass is 10.2. The van der Waals surface area contributed by atoms with Crippen molar-refractivity contribution in [1.82, 2.24) is 4.98 Å². The Morgan fingerprint density at radius 2 is 2.29 bits per heavy atom. The van der Waals surface area contributed by atoms with Gasteiger partial charge in [0.15, 0.2) is 6.29 Å². The fourth-order valence-electron chi connectivity index (χ4n) is 0.841. The lowest BCUT2D eigenvalue weighted by Crippen LogP contribution is -2.06. The number of nitrogens with zero attached hydrogens (tertiary/aromatic N) is 2. The van der Waals surface area contributed by atoms with Crippen molar-refractivity contribution in [1.29, 1.82) is 0 Å². The second kappa shape index (κ2) is 4.48. The van der Waals surface area contributed by atoms with Gasteiger partial charge in [-0.25, -0.2) is 4.98 Å². The largest absolute Gasteiger partial charge is 0.390 e. The number of amides is 1. The molecular weight excluding hydrogens is 206 g/mol. The lowest BCUT2D eigenvalue weighted by molar-refractivity contribution is 0.0991. The smallest absolute Gasteiger partial charge is 0.297 e. The van der Waals surface area contributed by atoms with Crippen LogP contribution in [0.15, 0.2) is 17.1 Å². The van der Waals surface area contributed by atoms with Crippen molar-refractivity contribution >= 4 is 30.1 Å². The van der Waals surface area contributed by atoms with E-state index in [0.29, 0.717) is 6.29 Å². The molecule has 72 valence electrons. The highest BCUT2D eigenvalue weighted by Crippen LogP contribution is 2.10. The molecule has 0 fully saturated rings. The summed E-state index contributed by atoms with van der Waals surface area (Å²) in [5.74, 6) is -0.697. The molecule has 6 heteroatoms. The zero-order chi connectivity index (χ0) is 10.6. The number of carbonyl (C=O) groups excluding carboxylic acids is 2. The molecule has 1 amide bonds. The van der Waals surface area contributed by atoms with Crippen molar-refractivity contribution in [3.8, 4) is 0 Å². The Labute approximate surface area is 84.6 Å². The molecule has 1 aromatic heterocycles. The minimum atomic E-state index is -0.697. The van der Waals surface area contributed by atoms with Crippen molar-refractivity contribution in [2.75, 3.05) is 0 Å². The minimum Gasteiger partial charge on any atom is -0.390 e. The molecular formula is C8H6ClN3O2. The van der Waals surface area contributed by atoms with Crippen molar-refractivity contribution in [3.05, 3.63) is 28.5 Å². The molecule has 0 aromatic carbocycles. The summed E-state index contributed by atoms with van der Waals surface area (Å²) >= 11 is 5.56. The van der Waals surface area contributed by atoms with Gasteiger partial charge in [0.05, 0.1) is 6.34 Å². The molecule has 2 N–H and O–H groups in total. The van der Waals surface area contributed by atoms with E-state index in [0.717, 1.165) is 6.34 Å². The zero-order valence-electron chi connectivity index (χ0n) is 6.98. The van der Waals surface area contributed by atoms with E-state index < -0.39 is 5.91 Å². The van der Waals surface area contributed by atoms with E-state index >= 15 is 0 Å². The SMILES string of the molecule is NC=NC(=O)c1nc(Cl)ccc1C=O. The standard InChI is InChI=1S/C8H6ClN3O2/c9-6-2-1-5(3-13)7(12-6)8(14)11-4-10/h1-4H,(H2,10,11,14). The Kier molecular flexibility index (Phi) is 3.30. The van der Waals surface area contributed by atoms with Crippen LogP contribution in [0.5, 0.6) is 0 Å². The van der Waals surface area contributed by atoms with E-state index in [4.69, 9.17) is 17.3 Å². The van der Waals surface area contributed by atoms with E-state index in [2.05, 4.69) is 9.98 Å². The van der Waals surface area contributed by atoms with Gasteiger partial charge in [-0.2, -0.15) is 4.99 Å². The normalized spacial score (nSPS) is 10.4. The first kappa shape index (κ1) is 10.3. The van der Waals surface area contributed by atoms with Crippen molar-refractivity contribution in [3.63, 3.8) is 0 Å². The highest BCUT2D eigenvalue weighted by Gasteiger charge is 2.11. The van der Waals surface area contributed by atoms with Gasteiger partial charge in [0.1, 0.15) is 10.8 Å². The minimum absolute atomic E-state index is 0.103. The van der Waals surface area contributed by atoms with Crippen LogP contribution in [0.3, 0.4) is 0 Å². The predicted molar refractivity (Wildman–Crippen MR) is 51.6 cm³/mol. The van der Waals surface area contributed by atoms with Gasteiger partial charge in [-0.15, -0.1) is 0 Å². The summed E-state index contributed by atoms with van der Waals surface area (Å²) in [6, 6.07) is 2.80. The fourth-order valence-corrected chi connectivity index (χ4v) is 0.989. The van der Waals surface area contributed by atoms with Crippen LogP contribution in [0.1, 0.15) is 20.8 Å². The zero-order valence-corrected chi connectivity index (χ0v) is 7.73. The third-order valence-corrected chi connectivity index (χ3v) is 1.62. The van der Waals surface area contributed by atoms with Gasteiger partial charge in [-0.05, 0) is 12.1 Å². The third-order valence-electron chi connectivity index (χ3n) is 1.41. The van der Waals surface area contributed by atoms with Crippen LogP contribution < -0.4 is 5.73 Å². The maximum atomic E-state index is 11.2. The molecule has 0 spiro atoms. The fraction of sp³-hybridized carbons (Fsp3) is 0. The molecule has 14 heavy (non-hydrogen) atoms. The molecule has 0 aliphatic heterocycles. The van der Waals surface area contributed by atoms with Gasteiger partial charge >= 0.3 is 0 Å². The molecule has 0 radical (unpaired) electrons. The van der Waals surface area contributed by atoms with Crippen molar-refractivity contribution < 1.29 is 9.59 Å². The molecule has 5 nitrogen and oxygen atoms in total. The summed E-state index contributed by atoms with van der Waals surface area (Å²) in [6.07, 6.45) is 1.34. The molecule has 0 bridgehead atoms. The van der Waals surface area contributed by atoms with Gasteiger partial charge in [-0.1, -0.05) is 11.6 Å². The Morgan fingerprint density at radius 1 is 1.57 bits per heavy atom. The molecule has 0 aliphatic carbocycles. The lowest BCUT2D eigenvalue weighted by Gasteiger charge is -1.98. The van der Waals surface area contributed by atoms with E-state index in [-0.39, 0.29) is 16.4 Å². The van der Waals surface area contributed by atoms with Crippen LogP contribution in [0.25, 0.3) is 0 Å². The quantitative estimate of drug-likeness (QED) is 0.337. The van der Waals surface area contributed by atoms with Gasteiger partial charge in [0.2, 0.25) is 0 Å². The van der Waals surface area contributed by atoms with Crippen LogP contribution in [0.4, 0.5) is 0 Å². The molecule has 0 saturated carbocycles. The maximum absolute atomic E-state index is 11.2. The molecule has 1 aromatic rings. The number of aliphatic imine (C=N–C) groups is 1. The number of pyridine rings is 1. The Morgan fingerprint density at radius 3 is 2.86 bits per heavy atom. The van der Waals surface area contributed by atoms with Crippen molar-refractivity contribution in [2.45, 2.75) is 0 Å². The third kappa shape index (κ3) is 2.14. The summed E-state index contributed by atoms with van der Waals surface area (Å²) < 4.78 is 0. The monoisotopic (exact) mass is 211 g/mol. The van der Waals surface area contributed by atoms with Crippen LogP contribution in [-0.4, -0.2) is 23.5 Å². The number of aromatic nitrogens is 1. The van der Waals surface area contributed by atoms with Gasteiger partial charge < -0.3 is 5.73 Å². The summed E-state index contributed by atoms with van der Waals surface area (Å²) in [5.41, 5.74) is 4.96. The molecule has 0 atom stereocenters. The van der Waals surface area contributed by atoms with E-state index in [1.54, 1.807) is 0 Å². The first-order chi connectivity index (χ1) is 6.69. The van der Waals surface area contributed by atoms with E-state index in [1.807, 2.05) is 0 Å². The second-order valence-corrected chi connectivity index (χ2v) is 2.66. The number of halogens is 1. The number of carbonyl (C=O) groups is 2. The first-order valence-electron chi connectivity index (χ1n) is 3.59. The molecule has 0 aliphatic rings. The van der Waals surface area contributed by atoms with Gasteiger partial charge in [0, 0.05) is 5.56 Å². The summed E-state index contributed by atoms with van der Waals surface area (Å²) in [6.45, 7) is 0. The average Bonchev–Trinajstić information content (AvgIpc) is 2.18. The first-order valence-corrected chi connectivity index (χ1v) is 3.97. The molecule has 0 saturated heterocycles. The highest BCUT2D eigenvalue weighted by atomic mass is 35.5. The second-order valence-electron chi connectivity index (χ2n) is 2.27. The number of aldehydes is 1. The number of hydrogen-bond donors (Lipinski definition) is 1. The average molecular weight is 212 g/mol. The number of rotatable bonds is 2. The van der Waals surface area contributed by atoms with Crippen LogP contribution in [0.2, 0.25) is 5.15 Å². The predicted octanol–water partition coefficient (Wildman–Crippen LogP) is 0.675. The number of nitrogens with two attached hydrogens (primary N) is 1. The topological polar surface area (TPSA) is 85.4 Å².